The summed E-state index contributed by atoms with van der Waals surface area (Å²) in [5.74, 6) is -2.09. The molecule has 0 unspecified atom stereocenters. The lowest BCUT2D eigenvalue weighted by molar-refractivity contribution is -0.390. The van der Waals surface area contributed by atoms with Gasteiger partial charge in [0.1, 0.15) is 5.03 Å². The van der Waals surface area contributed by atoms with Crippen LogP contribution in [0.2, 0.25) is 0 Å². The van der Waals surface area contributed by atoms with Crippen LogP contribution in [-0.4, -0.2) is 21.0 Å². The molecular formula is C12H7FN2O4S. The van der Waals surface area contributed by atoms with Gasteiger partial charge in [0.15, 0.2) is 0 Å². The minimum absolute atomic E-state index is 0.00144. The Bertz CT molecular complexity index is 693. The molecule has 2 rings (SSSR count). The summed E-state index contributed by atoms with van der Waals surface area (Å²) in [5.41, 5.74) is -0.651. The van der Waals surface area contributed by atoms with Crippen molar-refractivity contribution in [2.75, 3.05) is 0 Å². The van der Waals surface area contributed by atoms with Crippen LogP contribution in [-0.2, 0) is 0 Å². The molecule has 2 aromatic rings. The van der Waals surface area contributed by atoms with Crippen LogP contribution in [0.15, 0.2) is 46.5 Å². The summed E-state index contributed by atoms with van der Waals surface area (Å²) in [6, 6.07) is 6.27. The van der Waals surface area contributed by atoms with Crippen molar-refractivity contribution in [3.8, 4) is 0 Å². The lowest BCUT2D eigenvalue weighted by Gasteiger charge is -2.03. The van der Waals surface area contributed by atoms with E-state index >= 15 is 0 Å². The molecule has 102 valence electrons. The predicted molar refractivity (Wildman–Crippen MR) is 68.4 cm³/mol. The number of carboxylic acids is 1. The first-order chi connectivity index (χ1) is 9.49. The van der Waals surface area contributed by atoms with Gasteiger partial charge in [-0.05, 0) is 24.3 Å². The van der Waals surface area contributed by atoms with Gasteiger partial charge in [-0.1, -0.05) is 17.8 Å². The number of aromatic carboxylic acids is 1. The van der Waals surface area contributed by atoms with E-state index < -0.39 is 22.4 Å². The summed E-state index contributed by atoms with van der Waals surface area (Å²) in [4.78, 5) is 24.8. The van der Waals surface area contributed by atoms with Crippen LogP contribution in [0.4, 0.5) is 10.1 Å². The van der Waals surface area contributed by atoms with Crippen molar-refractivity contribution in [1.29, 1.82) is 0 Å². The first-order valence-electron chi connectivity index (χ1n) is 5.29. The molecule has 0 saturated heterocycles. The molecule has 1 aromatic heterocycles. The Morgan fingerprint density at radius 1 is 1.40 bits per heavy atom. The van der Waals surface area contributed by atoms with E-state index in [0.717, 1.165) is 17.8 Å². The topological polar surface area (TPSA) is 93.3 Å². The van der Waals surface area contributed by atoms with Crippen LogP contribution < -0.4 is 0 Å². The van der Waals surface area contributed by atoms with Gasteiger partial charge in [-0.3, -0.25) is 10.1 Å². The Morgan fingerprint density at radius 2 is 2.15 bits per heavy atom. The number of rotatable bonds is 4. The molecule has 0 aliphatic heterocycles. The molecule has 0 fully saturated rings. The number of halogens is 1. The van der Waals surface area contributed by atoms with Crippen LogP contribution in [0, 0.1) is 15.9 Å². The van der Waals surface area contributed by atoms with Gasteiger partial charge in [-0.25, -0.2) is 9.78 Å². The molecule has 0 aliphatic rings. The van der Waals surface area contributed by atoms with E-state index in [1.54, 1.807) is 0 Å². The fraction of sp³-hybridized carbons (Fsp3) is 0. The van der Waals surface area contributed by atoms with Gasteiger partial charge in [-0.15, -0.1) is 0 Å². The average Bonchev–Trinajstić information content (AvgIpc) is 2.38. The maximum atomic E-state index is 13.4. The summed E-state index contributed by atoms with van der Waals surface area (Å²) in [7, 11) is 0. The highest BCUT2D eigenvalue weighted by Gasteiger charge is 2.21. The van der Waals surface area contributed by atoms with Crippen molar-refractivity contribution in [3.05, 3.63) is 58.0 Å². The molecule has 0 atom stereocenters. The second kappa shape index (κ2) is 5.66. The number of carbonyl (C=O) groups is 1. The third kappa shape index (κ3) is 2.91. The number of hydrogen-bond donors (Lipinski definition) is 1. The zero-order chi connectivity index (χ0) is 14.7. The maximum absolute atomic E-state index is 13.4. The van der Waals surface area contributed by atoms with Crippen LogP contribution in [0.25, 0.3) is 0 Å². The van der Waals surface area contributed by atoms with Crippen LogP contribution in [0.1, 0.15) is 10.4 Å². The van der Waals surface area contributed by atoms with E-state index in [9.17, 15) is 19.3 Å². The highest BCUT2D eigenvalue weighted by Crippen LogP contribution is 2.35. The Labute approximate surface area is 116 Å². The summed E-state index contributed by atoms with van der Waals surface area (Å²) < 4.78 is 13.4. The number of hydrogen-bond acceptors (Lipinski definition) is 5. The minimum Gasteiger partial charge on any atom is -0.478 e. The summed E-state index contributed by atoms with van der Waals surface area (Å²) in [5, 5.41) is 19.9. The lowest BCUT2D eigenvalue weighted by Crippen LogP contribution is -1.98. The minimum atomic E-state index is -1.14. The molecule has 1 aromatic carbocycles. The molecule has 0 spiro atoms. The summed E-state index contributed by atoms with van der Waals surface area (Å²) in [6.45, 7) is 0. The number of carboxylic acid groups (broad SMARTS) is 1. The fourth-order valence-electron chi connectivity index (χ4n) is 1.47. The number of pyridine rings is 1. The van der Waals surface area contributed by atoms with E-state index in [2.05, 4.69) is 4.98 Å². The summed E-state index contributed by atoms with van der Waals surface area (Å²) in [6.07, 6.45) is 1.27. The standard InChI is InChI=1S/C12H7FN2O4S/c13-8-2-1-3-9(11(8)15(18)19)20-10-6-7(12(16)17)4-5-14-10/h1-6H,(H,16,17). The maximum Gasteiger partial charge on any atom is 0.335 e. The zero-order valence-electron chi connectivity index (χ0n) is 9.82. The largest absolute Gasteiger partial charge is 0.478 e. The predicted octanol–water partition coefficient (Wildman–Crippen LogP) is 2.98. The van der Waals surface area contributed by atoms with Crippen molar-refractivity contribution in [1.82, 2.24) is 4.98 Å². The van der Waals surface area contributed by atoms with Gasteiger partial charge in [-0.2, -0.15) is 4.39 Å². The molecule has 6 nitrogen and oxygen atoms in total. The van der Waals surface area contributed by atoms with Gasteiger partial charge >= 0.3 is 11.7 Å². The normalized spacial score (nSPS) is 10.2. The molecule has 0 bridgehead atoms. The van der Waals surface area contributed by atoms with Crippen molar-refractivity contribution < 1.29 is 19.2 Å². The highest BCUT2D eigenvalue weighted by molar-refractivity contribution is 7.99. The molecule has 0 saturated carbocycles. The van der Waals surface area contributed by atoms with Gasteiger partial charge in [0.05, 0.1) is 15.4 Å². The highest BCUT2D eigenvalue weighted by atomic mass is 32.2. The van der Waals surface area contributed by atoms with Crippen LogP contribution in [0.3, 0.4) is 0 Å². The summed E-state index contributed by atoms with van der Waals surface area (Å²) >= 11 is 0.832. The molecule has 0 amide bonds. The molecule has 8 heteroatoms. The smallest absolute Gasteiger partial charge is 0.335 e. The molecular weight excluding hydrogens is 287 g/mol. The molecule has 0 aliphatic carbocycles. The van der Waals surface area contributed by atoms with E-state index in [-0.39, 0.29) is 15.5 Å². The number of para-hydroxylation sites is 1. The fourth-order valence-corrected chi connectivity index (χ4v) is 2.41. The number of benzene rings is 1. The SMILES string of the molecule is O=C(O)c1ccnc(Sc2cccc(F)c2[N+](=O)[O-])c1. The lowest BCUT2D eigenvalue weighted by atomic mass is 10.3. The van der Waals surface area contributed by atoms with Gasteiger partial charge < -0.3 is 5.11 Å². The second-order valence-electron chi connectivity index (χ2n) is 3.63. The van der Waals surface area contributed by atoms with Crippen molar-refractivity contribution in [2.24, 2.45) is 0 Å². The Balaban J connectivity index is 2.40. The first kappa shape index (κ1) is 13.9. The quantitative estimate of drug-likeness (QED) is 0.688. The average molecular weight is 294 g/mol. The number of nitrogens with zero attached hydrogens (tertiary/aromatic N) is 2. The number of nitro benzene ring substituents is 1. The second-order valence-corrected chi connectivity index (χ2v) is 4.70. The van der Waals surface area contributed by atoms with Gasteiger partial charge in [0, 0.05) is 6.20 Å². The Morgan fingerprint density at radius 3 is 2.80 bits per heavy atom. The third-order valence-electron chi connectivity index (χ3n) is 2.33. The van der Waals surface area contributed by atoms with Gasteiger partial charge in [0.25, 0.3) is 0 Å². The molecule has 20 heavy (non-hydrogen) atoms. The monoisotopic (exact) mass is 294 g/mol. The first-order valence-corrected chi connectivity index (χ1v) is 6.11. The number of nitro groups is 1. The van der Waals surface area contributed by atoms with Gasteiger partial charge in [0.2, 0.25) is 5.82 Å². The van der Waals surface area contributed by atoms with Crippen molar-refractivity contribution in [2.45, 2.75) is 9.92 Å². The Kier molecular flexibility index (Phi) is 3.94. The van der Waals surface area contributed by atoms with E-state index in [1.165, 1.54) is 30.5 Å². The zero-order valence-corrected chi connectivity index (χ0v) is 10.6. The van der Waals surface area contributed by atoms with Crippen LogP contribution in [0.5, 0.6) is 0 Å². The van der Waals surface area contributed by atoms with E-state index in [1.807, 2.05) is 0 Å². The third-order valence-corrected chi connectivity index (χ3v) is 3.31. The molecule has 1 heterocycles. The van der Waals surface area contributed by atoms with Crippen LogP contribution >= 0.6 is 11.8 Å². The van der Waals surface area contributed by atoms with E-state index in [4.69, 9.17) is 5.11 Å². The molecule has 0 radical (unpaired) electrons. The van der Waals surface area contributed by atoms with Crippen molar-refractivity contribution in [3.63, 3.8) is 0 Å². The number of aromatic nitrogens is 1. The molecule has 1 N–H and O–H groups in total. The van der Waals surface area contributed by atoms with E-state index in [0.29, 0.717) is 0 Å². The van der Waals surface area contributed by atoms with Crippen molar-refractivity contribution >= 4 is 23.4 Å². The Hall–Kier alpha value is -2.48.